The number of hydrogen-bond donors (Lipinski definition) is 2. The van der Waals surface area contributed by atoms with Crippen molar-refractivity contribution in [1.29, 1.82) is 0 Å². The van der Waals surface area contributed by atoms with Crippen molar-refractivity contribution < 1.29 is 18.4 Å². The van der Waals surface area contributed by atoms with Gasteiger partial charge >= 0.3 is 0 Å². The van der Waals surface area contributed by atoms with Gasteiger partial charge in [-0.2, -0.15) is 0 Å². The standard InChI is InChI=1S/C18H19FN2O3/c1-11(4-6-13-3-2-8-24-13)20-18(23)15-10-17(22)21-16-9-12(19)5-7-14(15)16/h2-3,5,7-9,11,15H,4,6,10H2,1H3,(H,20,23)(H,21,22). The van der Waals surface area contributed by atoms with Crippen LogP contribution in [0.1, 0.15) is 37.0 Å². The van der Waals surface area contributed by atoms with Crippen LogP contribution in [0.3, 0.4) is 0 Å². The first-order chi connectivity index (χ1) is 11.5. The minimum atomic E-state index is -0.597. The second-order valence-corrected chi connectivity index (χ2v) is 6.06. The van der Waals surface area contributed by atoms with Gasteiger partial charge in [0.25, 0.3) is 0 Å². The van der Waals surface area contributed by atoms with Crippen LogP contribution in [0.25, 0.3) is 0 Å². The molecule has 0 fully saturated rings. The van der Waals surface area contributed by atoms with Gasteiger partial charge in [0.1, 0.15) is 11.6 Å². The first-order valence-electron chi connectivity index (χ1n) is 7.95. The molecule has 2 N–H and O–H groups in total. The SMILES string of the molecule is CC(CCc1ccco1)NC(=O)C1CC(=O)Nc2cc(F)ccc21. The molecule has 1 aromatic heterocycles. The normalized spacial score (nSPS) is 17.8. The maximum Gasteiger partial charge on any atom is 0.228 e. The zero-order chi connectivity index (χ0) is 17.1. The number of benzene rings is 1. The zero-order valence-corrected chi connectivity index (χ0v) is 13.3. The van der Waals surface area contributed by atoms with E-state index in [1.54, 1.807) is 12.3 Å². The summed E-state index contributed by atoms with van der Waals surface area (Å²) in [5, 5.41) is 5.54. The molecule has 2 amide bonds. The van der Waals surface area contributed by atoms with E-state index < -0.39 is 11.7 Å². The Bertz CT molecular complexity index is 743. The lowest BCUT2D eigenvalue weighted by atomic mass is 9.89. The molecule has 2 aromatic rings. The number of rotatable bonds is 5. The van der Waals surface area contributed by atoms with Gasteiger partial charge in [-0.15, -0.1) is 0 Å². The fourth-order valence-electron chi connectivity index (χ4n) is 2.90. The lowest BCUT2D eigenvalue weighted by Gasteiger charge is -2.26. The van der Waals surface area contributed by atoms with Crippen molar-refractivity contribution in [1.82, 2.24) is 5.32 Å². The number of furan rings is 1. The van der Waals surface area contributed by atoms with E-state index in [1.807, 2.05) is 19.1 Å². The van der Waals surface area contributed by atoms with Gasteiger partial charge < -0.3 is 15.1 Å². The predicted molar refractivity (Wildman–Crippen MR) is 87.0 cm³/mol. The molecule has 0 aliphatic carbocycles. The van der Waals surface area contributed by atoms with Gasteiger partial charge in [0.15, 0.2) is 0 Å². The van der Waals surface area contributed by atoms with Crippen molar-refractivity contribution in [3.63, 3.8) is 0 Å². The molecule has 3 rings (SSSR count). The number of aryl methyl sites for hydroxylation is 1. The molecule has 24 heavy (non-hydrogen) atoms. The van der Waals surface area contributed by atoms with Crippen molar-refractivity contribution in [2.24, 2.45) is 0 Å². The van der Waals surface area contributed by atoms with E-state index in [9.17, 15) is 14.0 Å². The molecule has 0 bridgehead atoms. The lowest BCUT2D eigenvalue weighted by Crippen LogP contribution is -2.39. The topological polar surface area (TPSA) is 71.3 Å². The van der Waals surface area contributed by atoms with Gasteiger partial charge in [0, 0.05) is 24.6 Å². The number of halogens is 1. The fourth-order valence-corrected chi connectivity index (χ4v) is 2.90. The molecule has 0 saturated carbocycles. The lowest BCUT2D eigenvalue weighted by molar-refractivity contribution is -0.126. The molecule has 0 spiro atoms. The Kier molecular flexibility index (Phi) is 4.64. The number of carbonyl (C=O) groups is 2. The van der Waals surface area contributed by atoms with Crippen LogP contribution in [-0.4, -0.2) is 17.9 Å². The van der Waals surface area contributed by atoms with Crippen LogP contribution in [-0.2, 0) is 16.0 Å². The predicted octanol–water partition coefficient (Wildman–Crippen LogP) is 2.98. The number of amides is 2. The van der Waals surface area contributed by atoms with Gasteiger partial charge in [-0.05, 0) is 43.2 Å². The highest BCUT2D eigenvalue weighted by Crippen LogP contribution is 2.33. The summed E-state index contributed by atoms with van der Waals surface area (Å²) in [6.07, 6.45) is 3.14. The van der Waals surface area contributed by atoms with Crippen LogP contribution in [0.5, 0.6) is 0 Å². The van der Waals surface area contributed by atoms with E-state index in [2.05, 4.69) is 10.6 Å². The third kappa shape index (κ3) is 3.64. The minimum absolute atomic E-state index is 0.0588. The van der Waals surface area contributed by atoms with Gasteiger partial charge in [-0.1, -0.05) is 6.07 Å². The van der Waals surface area contributed by atoms with E-state index in [1.165, 1.54) is 12.1 Å². The Morgan fingerprint density at radius 1 is 1.46 bits per heavy atom. The number of fused-ring (bicyclic) bond motifs is 1. The Hall–Kier alpha value is -2.63. The van der Waals surface area contributed by atoms with Gasteiger partial charge in [-0.25, -0.2) is 4.39 Å². The monoisotopic (exact) mass is 330 g/mol. The van der Waals surface area contributed by atoms with Crippen molar-refractivity contribution >= 4 is 17.5 Å². The molecule has 0 saturated heterocycles. The van der Waals surface area contributed by atoms with E-state index in [4.69, 9.17) is 4.42 Å². The van der Waals surface area contributed by atoms with Crippen LogP contribution < -0.4 is 10.6 Å². The Morgan fingerprint density at radius 3 is 3.04 bits per heavy atom. The highest BCUT2D eigenvalue weighted by molar-refractivity contribution is 6.01. The first-order valence-corrected chi connectivity index (χ1v) is 7.95. The summed E-state index contributed by atoms with van der Waals surface area (Å²) >= 11 is 0. The molecule has 6 heteroatoms. The molecule has 2 heterocycles. The Morgan fingerprint density at radius 2 is 2.29 bits per heavy atom. The molecular weight excluding hydrogens is 311 g/mol. The number of carbonyl (C=O) groups excluding carboxylic acids is 2. The van der Waals surface area contributed by atoms with Crippen LogP contribution in [0.4, 0.5) is 10.1 Å². The maximum absolute atomic E-state index is 13.3. The molecule has 1 aliphatic heterocycles. The molecule has 0 radical (unpaired) electrons. The van der Waals surface area contributed by atoms with Gasteiger partial charge in [0.2, 0.25) is 11.8 Å². The smallest absolute Gasteiger partial charge is 0.228 e. The fraction of sp³-hybridized carbons (Fsp3) is 0.333. The summed E-state index contributed by atoms with van der Waals surface area (Å²) in [7, 11) is 0. The average Bonchev–Trinajstić information content (AvgIpc) is 3.05. The Balaban J connectivity index is 1.65. The van der Waals surface area contributed by atoms with Crippen LogP contribution >= 0.6 is 0 Å². The van der Waals surface area contributed by atoms with Crippen molar-refractivity contribution in [3.05, 3.63) is 53.7 Å². The molecular formula is C18H19FN2O3. The second-order valence-electron chi connectivity index (χ2n) is 6.06. The highest BCUT2D eigenvalue weighted by atomic mass is 19.1. The molecule has 2 atom stereocenters. The molecule has 2 unspecified atom stereocenters. The summed E-state index contributed by atoms with van der Waals surface area (Å²) in [6, 6.07) is 7.77. The molecule has 1 aromatic carbocycles. The summed E-state index contributed by atoms with van der Waals surface area (Å²) in [4.78, 5) is 24.3. The minimum Gasteiger partial charge on any atom is -0.469 e. The quantitative estimate of drug-likeness (QED) is 0.885. The number of anilines is 1. The zero-order valence-electron chi connectivity index (χ0n) is 13.3. The maximum atomic E-state index is 13.3. The molecule has 5 nitrogen and oxygen atoms in total. The third-order valence-electron chi connectivity index (χ3n) is 4.16. The van der Waals surface area contributed by atoms with Crippen molar-refractivity contribution in [2.45, 2.75) is 38.1 Å². The highest BCUT2D eigenvalue weighted by Gasteiger charge is 2.31. The van der Waals surface area contributed by atoms with E-state index in [-0.39, 0.29) is 24.3 Å². The van der Waals surface area contributed by atoms with Crippen molar-refractivity contribution in [2.75, 3.05) is 5.32 Å². The van der Waals surface area contributed by atoms with Crippen LogP contribution in [0.2, 0.25) is 0 Å². The van der Waals surface area contributed by atoms with Crippen LogP contribution in [0, 0.1) is 5.82 Å². The van der Waals surface area contributed by atoms with Crippen molar-refractivity contribution in [3.8, 4) is 0 Å². The number of hydrogen-bond acceptors (Lipinski definition) is 3. The van der Waals surface area contributed by atoms with Gasteiger partial charge in [-0.3, -0.25) is 9.59 Å². The first kappa shape index (κ1) is 16.2. The van der Waals surface area contributed by atoms with E-state index in [0.29, 0.717) is 11.3 Å². The number of nitrogens with one attached hydrogen (secondary N) is 2. The second kappa shape index (κ2) is 6.86. The van der Waals surface area contributed by atoms with Gasteiger partial charge in [0.05, 0.1) is 12.2 Å². The average molecular weight is 330 g/mol. The molecule has 1 aliphatic rings. The largest absolute Gasteiger partial charge is 0.469 e. The summed E-state index contributed by atoms with van der Waals surface area (Å²) < 4.78 is 18.6. The summed E-state index contributed by atoms with van der Waals surface area (Å²) in [5.74, 6) is -0.669. The van der Waals surface area contributed by atoms with E-state index in [0.717, 1.165) is 18.6 Å². The van der Waals surface area contributed by atoms with Crippen LogP contribution in [0.15, 0.2) is 41.0 Å². The van der Waals surface area contributed by atoms with E-state index >= 15 is 0 Å². The molecule has 126 valence electrons. The summed E-state index contributed by atoms with van der Waals surface area (Å²) in [6.45, 7) is 1.91. The summed E-state index contributed by atoms with van der Waals surface area (Å²) in [5.41, 5.74) is 1.02. The third-order valence-corrected chi connectivity index (χ3v) is 4.16. The Labute approximate surface area is 139 Å².